The van der Waals surface area contributed by atoms with Crippen LogP contribution in [0.25, 0.3) is 0 Å². The molecule has 1 aliphatic heterocycles. The van der Waals surface area contributed by atoms with E-state index < -0.39 is 15.1 Å². The molecule has 0 aromatic heterocycles. The lowest BCUT2D eigenvalue weighted by Gasteiger charge is -2.41. The predicted molar refractivity (Wildman–Crippen MR) is 111 cm³/mol. The first-order chi connectivity index (χ1) is 13.8. The van der Waals surface area contributed by atoms with Crippen molar-refractivity contribution in [3.63, 3.8) is 0 Å². The topological polar surface area (TPSA) is 33.3 Å². The van der Waals surface area contributed by atoms with Crippen molar-refractivity contribution in [1.82, 2.24) is 10.6 Å². The standard InChI is InChI=1S/C21H27F5N2OS/c1-15(2)29-20-11-10-18(30(22,23,24,25)26)13-17(20)14-28-19-9-6-12-27-21(19)16-7-4-3-5-8-16/h3-5,7-8,10-11,13,15,19,21,27-28H,6,9,12,14H2,1-2H3. The Balaban J connectivity index is 1.86. The van der Waals surface area contributed by atoms with Gasteiger partial charge >= 0.3 is 10.2 Å². The first-order valence-electron chi connectivity index (χ1n) is 9.89. The fourth-order valence-corrected chi connectivity index (χ4v) is 4.35. The largest absolute Gasteiger partial charge is 0.491 e. The molecular weight excluding hydrogens is 423 g/mol. The summed E-state index contributed by atoms with van der Waals surface area (Å²) in [5, 5.41) is 6.69. The van der Waals surface area contributed by atoms with Gasteiger partial charge < -0.3 is 15.4 Å². The van der Waals surface area contributed by atoms with Crippen molar-refractivity contribution in [3.8, 4) is 5.75 Å². The Morgan fingerprint density at radius 1 is 1.07 bits per heavy atom. The van der Waals surface area contributed by atoms with Crippen LogP contribution < -0.4 is 15.4 Å². The van der Waals surface area contributed by atoms with E-state index in [4.69, 9.17) is 4.74 Å². The fraction of sp³-hybridized carbons (Fsp3) is 0.429. The Hall–Kier alpha value is -1.84. The zero-order valence-corrected chi connectivity index (χ0v) is 17.7. The molecule has 3 rings (SSSR count). The van der Waals surface area contributed by atoms with Crippen molar-refractivity contribution in [2.24, 2.45) is 0 Å². The van der Waals surface area contributed by atoms with E-state index in [1.54, 1.807) is 13.8 Å². The maximum Gasteiger partial charge on any atom is 0.310 e. The first-order valence-corrected chi connectivity index (χ1v) is 11.8. The predicted octanol–water partition coefficient (Wildman–Crippen LogP) is 6.71. The highest BCUT2D eigenvalue weighted by atomic mass is 32.5. The van der Waals surface area contributed by atoms with Gasteiger partial charge in [-0.3, -0.25) is 0 Å². The number of ether oxygens (including phenoxy) is 1. The van der Waals surface area contributed by atoms with Crippen LogP contribution in [0.15, 0.2) is 53.4 Å². The molecule has 0 amide bonds. The Morgan fingerprint density at radius 2 is 1.77 bits per heavy atom. The summed E-state index contributed by atoms with van der Waals surface area (Å²) in [7, 11) is -9.78. The van der Waals surface area contributed by atoms with Crippen LogP contribution >= 0.6 is 10.2 Å². The molecule has 0 aliphatic carbocycles. The van der Waals surface area contributed by atoms with E-state index in [1.165, 1.54) is 0 Å². The third-order valence-electron chi connectivity index (χ3n) is 5.01. The molecule has 0 spiro atoms. The number of nitrogens with one attached hydrogen (secondary N) is 2. The maximum atomic E-state index is 13.3. The Morgan fingerprint density at radius 3 is 2.40 bits per heavy atom. The lowest BCUT2D eigenvalue weighted by molar-refractivity contribution is 0.237. The second kappa shape index (κ2) is 7.69. The molecule has 2 atom stereocenters. The number of piperidine rings is 1. The van der Waals surface area contributed by atoms with Gasteiger partial charge in [0.05, 0.1) is 6.10 Å². The van der Waals surface area contributed by atoms with Gasteiger partial charge in [-0.2, -0.15) is 0 Å². The van der Waals surface area contributed by atoms with Crippen LogP contribution in [0.2, 0.25) is 0 Å². The molecule has 2 unspecified atom stereocenters. The summed E-state index contributed by atoms with van der Waals surface area (Å²) in [5.41, 5.74) is 1.13. The van der Waals surface area contributed by atoms with Crippen molar-refractivity contribution in [1.29, 1.82) is 0 Å². The molecular formula is C21H27F5N2OS. The monoisotopic (exact) mass is 450 g/mol. The van der Waals surface area contributed by atoms with Crippen molar-refractivity contribution in [2.45, 2.75) is 56.3 Å². The molecule has 9 heteroatoms. The van der Waals surface area contributed by atoms with E-state index in [0.717, 1.165) is 31.0 Å². The van der Waals surface area contributed by atoms with Crippen LogP contribution in [-0.2, 0) is 6.54 Å². The molecule has 30 heavy (non-hydrogen) atoms. The Kier molecular flexibility index (Phi) is 5.85. The van der Waals surface area contributed by atoms with Crippen molar-refractivity contribution in [2.75, 3.05) is 6.54 Å². The highest BCUT2D eigenvalue weighted by molar-refractivity contribution is 8.45. The number of benzene rings is 2. The minimum atomic E-state index is -9.78. The van der Waals surface area contributed by atoms with Crippen LogP contribution in [-0.4, -0.2) is 18.7 Å². The average molecular weight is 451 g/mol. The summed E-state index contributed by atoms with van der Waals surface area (Å²) < 4.78 is 72.2. The number of hydrogen-bond acceptors (Lipinski definition) is 3. The molecule has 168 valence electrons. The summed E-state index contributed by atoms with van der Waals surface area (Å²) in [4.78, 5) is -1.90. The first kappa shape index (κ1) is 22.8. The highest BCUT2D eigenvalue weighted by Crippen LogP contribution is 3.02. The van der Waals surface area contributed by atoms with Gasteiger partial charge in [-0.05, 0) is 57.0 Å². The molecule has 2 aromatic rings. The van der Waals surface area contributed by atoms with E-state index in [0.29, 0.717) is 12.1 Å². The number of halogens is 5. The van der Waals surface area contributed by atoms with Crippen molar-refractivity contribution < 1.29 is 24.2 Å². The Bertz CT molecular complexity index is 875. The lowest BCUT2D eigenvalue weighted by atomic mass is 9.92. The minimum Gasteiger partial charge on any atom is -0.491 e. The van der Waals surface area contributed by atoms with Gasteiger partial charge in [0.1, 0.15) is 10.6 Å². The number of hydrogen-bond donors (Lipinski definition) is 2. The molecule has 1 heterocycles. The second-order valence-electron chi connectivity index (χ2n) is 7.88. The fourth-order valence-electron chi connectivity index (χ4n) is 3.66. The molecule has 0 saturated carbocycles. The smallest absolute Gasteiger partial charge is 0.310 e. The van der Waals surface area contributed by atoms with Gasteiger partial charge in [-0.25, -0.2) is 0 Å². The van der Waals surface area contributed by atoms with Crippen LogP contribution in [0.3, 0.4) is 0 Å². The maximum absolute atomic E-state index is 13.3. The molecule has 2 N–H and O–H groups in total. The van der Waals surface area contributed by atoms with Crippen LogP contribution in [0, 0.1) is 0 Å². The SMILES string of the molecule is CC(C)Oc1ccc(S(F)(F)(F)(F)F)cc1CNC1CCCNC1c1ccccc1. The average Bonchev–Trinajstić information content (AvgIpc) is 2.66. The summed E-state index contributed by atoms with van der Waals surface area (Å²) in [6.07, 6.45) is 1.42. The zero-order valence-electron chi connectivity index (χ0n) is 16.9. The third kappa shape index (κ3) is 5.86. The molecule has 1 saturated heterocycles. The van der Waals surface area contributed by atoms with Gasteiger partial charge in [0.15, 0.2) is 0 Å². The van der Waals surface area contributed by atoms with E-state index in [2.05, 4.69) is 10.6 Å². The van der Waals surface area contributed by atoms with E-state index >= 15 is 0 Å². The van der Waals surface area contributed by atoms with E-state index in [1.807, 2.05) is 30.3 Å². The van der Waals surface area contributed by atoms with Gasteiger partial charge in [-0.1, -0.05) is 49.8 Å². The van der Waals surface area contributed by atoms with Crippen LogP contribution in [0.5, 0.6) is 5.75 Å². The molecule has 2 aromatic carbocycles. The van der Waals surface area contributed by atoms with Crippen molar-refractivity contribution >= 4 is 10.2 Å². The van der Waals surface area contributed by atoms with Gasteiger partial charge in [0.2, 0.25) is 0 Å². The molecule has 1 aliphatic rings. The second-order valence-corrected chi connectivity index (χ2v) is 10.3. The van der Waals surface area contributed by atoms with Gasteiger partial charge in [0.25, 0.3) is 0 Å². The summed E-state index contributed by atoms with van der Waals surface area (Å²) in [5.74, 6) is 0.170. The molecule has 3 nitrogen and oxygen atoms in total. The summed E-state index contributed by atoms with van der Waals surface area (Å²) in [6.45, 7) is 4.27. The number of rotatable bonds is 7. The third-order valence-corrected chi connectivity index (χ3v) is 6.16. The van der Waals surface area contributed by atoms with E-state index in [9.17, 15) is 19.4 Å². The summed E-state index contributed by atoms with van der Waals surface area (Å²) >= 11 is 0. The van der Waals surface area contributed by atoms with Crippen LogP contribution in [0.1, 0.15) is 43.9 Å². The lowest BCUT2D eigenvalue weighted by Crippen LogP contribution is -2.45. The van der Waals surface area contributed by atoms with Gasteiger partial charge in [-0.15, -0.1) is 0 Å². The van der Waals surface area contributed by atoms with Gasteiger partial charge in [0, 0.05) is 24.2 Å². The van der Waals surface area contributed by atoms with Crippen molar-refractivity contribution in [3.05, 3.63) is 59.7 Å². The van der Waals surface area contributed by atoms with Crippen LogP contribution in [0.4, 0.5) is 19.4 Å². The van der Waals surface area contributed by atoms with E-state index in [-0.39, 0.29) is 36.0 Å². The molecule has 1 fully saturated rings. The minimum absolute atomic E-state index is 0.0145. The Labute approximate surface area is 173 Å². The molecule has 0 radical (unpaired) electrons. The highest BCUT2D eigenvalue weighted by Gasteiger charge is 2.65. The normalized spacial score (nSPS) is 22.4. The summed E-state index contributed by atoms with van der Waals surface area (Å²) in [6, 6.07) is 11.6. The quantitative estimate of drug-likeness (QED) is 0.460. The zero-order chi connectivity index (χ0) is 22.1. The molecule has 0 bridgehead atoms.